The van der Waals surface area contributed by atoms with Crippen LogP contribution in [-0.4, -0.2) is 12.7 Å². The molecule has 0 radical (unpaired) electrons. The highest BCUT2D eigenvalue weighted by Gasteiger charge is 2.29. The van der Waals surface area contributed by atoms with Crippen LogP contribution in [0.1, 0.15) is 88.8 Å². The van der Waals surface area contributed by atoms with E-state index in [1.54, 1.807) is 0 Å². The number of benzene rings is 1. The summed E-state index contributed by atoms with van der Waals surface area (Å²) in [5, 5.41) is 3.30. The molecular weight excluding hydrogens is 364 g/mol. The highest BCUT2D eigenvalue weighted by Crippen LogP contribution is 2.36. The molecule has 2 nitrogen and oxygen atoms in total. The van der Waals surface area contributed by atoms with Crippen LogP contribution >= 0.6 is 0 Å². The molecule has 2 atom stereocenters. The van der Waals surface area contributed by atoms with Crippen LogP contribution in [-0.2, 0) is 0 Å². The van der Waals surface area contributed by atoms with E-state index in [9.17, 15) is 0 Å². The lowest BCUT2D eigenvalue weighted by Gasteiger charge is -2.36. The van der Waals surface area contributed by atoms with Gasteiger partial charge in [0.15, 0.2) is 0 Å². The van der Waals surface area contributed by atoms with Crippen molar-refractivity contribution in [1.29, 1.82) is 0 Å². The van der Waals surface area contributed by atoms with E-state index >= 15 is 0 Å². The normalized spacial score (nSPS) is 21.7. The Bertz CT molecular complexity index is 840. The quantitative estimate of drug-likeness (QED) is 0.259. The Kier molecular flexibility index (Phi) is 8.88. The van der Waals surface area contributed by atoms with E-state index in [1.807, 2.05) is 13.1 Å². The molecule has 0 spiro atoms. The lowest BCUT2D eigenvalue weighted by Crippen LogP contribution is -2.53. The Morgan fingerprint density at radius 1 is 1.33 bits per heavy atom. The summed E-state index contributed by atoms with van der Waals surface area (Å²) in [5.74, 6) is 0.616. The van der Waals surface area contributed by atoms with Crippen molar-refractivity contribution in [2.24, 2.45) is 5.73 Å². The zero-order valence-corrected chi connectivity index (χ0v) is 20.1. The van der Waals surface area contributed by atoms with Crippen molar-refractivity contribution in [2.45, 2.75) is 84.7 Å². The third kappa shape index (κ3) is 5.83. The second kappa shape index (κ2) is 10.9. The minimum atomic E-state index is -0.266. The maximum absolute atomic E-state index is 6.47. The van der Waals surface area contributed by atoms with Crippen LogP contribution < -0.4 is 11.1 Å². The molecule has 1 aromatic rings. The summed E-state index contributed by atoms with van der Waals surface area (Å²) in [6, 6.07) is 7.00. The van der Waals surface area contributed by atoms with Gasteiger partial charge in [-0.05, 0) is 113 Å². The molecule has 3 N–H and O–H groups in total. The maximum atomic E-state index is 6.47. The van der Waals surface area contributed by atoms with Gasteiger partial charge in [0.25, 0.3) is 0 Å². The molecule has 0 saturated heterocycles. The van der Waals surface area contributed by atoms with E-state index in [0.29, 0.717) is 5.92 Å². The van der Waals surface area contributed by atoms with Crippen molar-refractivity contribution in [2.75, 3.05) is 7.05 Å². The van der Waals surface area contributed by atoms with E-state index in [2.05, 4.69) is 76.9 Å². The first-order chi connectivity index (χ1) is 14.3. The lowest BCUT2D eigenvalue weighted by molar-refractivity contribution is 0.318. The van der Waals surface area contributed by atoms with Crippen molar-refractivity contribution in [1.82, 2.24) is 5.32 Å². The average Bonchev–Trinajstić information content (AvgIpc) is 2.72. The highest BCUT2D eigenvalue weighted by atomic mass is 15.1. The van der Waals surface area contributed by atoms with E-state index in [-0.39, 0.29) is 5.66 Å². The number of aryl methyl sites for hydroxylation is 1. The molecule has 1 aliphatic carbocycles. The summed E-state index contributed by atoms with van der Waals surface area (Å²) < 4.78 is 0. The van der Waals surface area contributed by atoms with Crippen molar-refractivity contribution in [3.05, 3.63) is 75.9 Å². The first-order valence-electron chi connectivity index (χ1n) is 11.5. The molecule has 2 heteroatoms. The molecular formula is C28H42N2. The third-order valence-corrected chi connectivity index (χ3v) is 6.80. The van der Waals surface area contributed by atoms with Crippen molar-refractivity contribution < 1.29 is 0 Å². The first-order valence-corrected chi connectivity index (χ1v) is 11.5. The highest BCUT2D eigenvalue weighted by molar-refractivity contribution is 5.65. The number of hydrogen-bond acceptors (Lipinski definition) is 2. The average molecular weight is 407 g/mol. The van der Waals surface area contributed by atoms with Crippen LogP contribution in [0, 0.1) is 6.92 Å². The second-order valence-corrected chi connectivity index (χ2v) is 8.96. The molecule has 2 unspecified atom stereocenters. The summed E-state index contributed by atoms with van der Waals surface area (Å²) >= 11 is 0. The number of nitrogens with one attached hydrogen (secondary N) is 1. The van der Waals surface area contributed by atoms with Gasteiger partial charge in [-0.3, -0.25) is 0 Å². The molecule has 164 valence electrons. The van der Waals surface area contributed by atoms with Crippen LogP contribution in [0.5, 0.6) is 0 Å². The van der Waals surface area contributed by atoms with Crippen molar-refractivity contribution in [3.63, 3.8) is 0 Å². The third-order valence-electron chi connectivity index (χ3n) is 6.80. The molecule has 0 heterocycles. The second-order valence-electron chi connectivity index (χ2n) is 8.96. The molecule has 1 aliphatic rings. The molecule has 0 fully saturated rings. The van der Waals surface area contributed by atoms with Crippen LogP contribution in [0.15, 0.2) is 59.2 Å². The summed E-state index contributed by atoms with van der Waals surface area (Å²) in [6.45, 7) is 15.0. The Hall–Kier alpha value is -1.90. The van der Waals surface area contributed by atoms with E-state index in [4.69, 9.17) is 5.73 Å². The van der Waals surface area contributed by atoms with E-state index in [0.717, 1.165) is 25.7 Å². The van der Waals surface area contributed by atoms with Gasteiger partial charge >= 0.3 is 0 Å². The smallest absolute Gasteiger partial charge is 0.0700 e. The standard InChI is InChI=1S/C28H42N2/c1-8-11-12-23(9-2)25-14-13-24(20(4)17-25)18-21(5)26(10-3)27-15-16-28(29,30-7)19-22(27)6/h8,10,13-14,17-18,23,30H,1,9,11-12,15-16,19,29H2,2-7H3/b21-18+,26-10-. The predicted molar refractivity (Wildman–Crippen MR) is 134 cm³/mol. The zero-order chi connectivity index (χ0) is 22.3. The van der Waals surface area contributed by atoms with Crippen molar-refractivity contribution >= 4 is 6.08 Å². The number of nitrogens with two attached hydrogens (primary N) is 1. The van der Waals surface area contributed by atoms with Gasteiger partial charge in [0.05, 0.1) is 5.66 Å². The zero-order valence-electron chi connectivity index (χ0n) is 20.1. The minimum absolute atomic E-state index is 0.266. The van der Waals surface area contributed by atoms with Gasteiger partial charge in [0.2, 0.25) is 0 Å². The predicted octanol–water partition coefficient (Wildman–Crippen LogP) is 7.18. The Morgan fingerprint density at radius 2 is 2.07 bits per heavy atom. The largest absolute Gasteiger partial charge is 0.313 e. The van der Waals surface area contributed by atoms with Crippen molar-refractivity contribution in [3.8, 4) is 0 Å². The number of rotatable bonds is 9. The van der Waals surface area contributed by atoms with Gasteiger partial charge in [-0.15, -0.1) is 6.58 Å². The molecule has 0 amide bonds. The van der Waals surface area contributed by atoms with Gasteiger partial charge in [-0.2, -0.15) is 0 Å². The molecule has 0 bridgehead atoms. The fraction of sp³-hybridized carbons (Fsp3) is 0.500. The molecule has 0 aromatic heterocycles. The minimum Gasteiger partial charge on any atom is -0.313 e. The summed E-state index contributed by atoms with van der Waals surface area (Å²) in [6.07, 6.45) is 13.0. The van der Waals surface area contributed by atoms with Crippen LogP contribution in [0.3, 0.4) is 0 Å². The SMILES string of the molecule is C=CCCC(CC)c1ccc(/C=C(C)/C(=C/C)C2=C(C)CC(N)(NC)CC2)c(C)c1. The lowest BCUT2D eigenvalue weighted by atomic mass is 9.79. The van der Waals surface area contributed by atoms with Crippen LogP contribution in [0.4, 0.5) is 0 Å². The van der Waals surface area contributed by atoms with E-state index in [1.165, 1.54) is 51.8 Å². The van der Waals surface area contributed by atoms with E-state index < -0.39 is 0 Å². The summed E-state index contributed by atoms with van der Waals surface area (Å²) in [4.78, 5) is 0. The monoisotopic (exact) mass is 406 g/mol. The van der Waals surface area contributed by atoms with Gasteiger partial charge in [0.1, 0.15) is 0 Å². The van der Waals surface area contributed by atoms with Gasteiger partial charge < -0.3 is 11.1 Å². The molecule has 0 saturated carbocycles. The van der Waals surface area contributed by atoms with Gasteiger partial charge in [0, 0.05) is 0 Å². The molecule has 1 aromatic carbocycles. The molecule has 30 heavy (non-hydrogen) atoms. The van der Waals surface area contributed by atoms with Gasteiger partial charge in [-0.25, -0.2) is 0 Å². The fourth-order valence-corrected chi connectivity index (χ4v) is 4.80. The van der Waals surface area contributed by atoms with Crippen LogP contribution in [0.25, 0.3) is 6.08 Å². The molecule has 0 aliphatic heterocycles. The fourth-order valence-electron chi connectivity index (χ4n) is 4.80. The van der Waals surface area contributed by atoms with Gasteiger partial charge in [-0.1, -0.05) is 48.9 Å². The topological polar surface area (TPSA) is 38.0 Å². The summed E-state index contributed by atoms with van der Waals surface area (Å²) in [7, 11) is 1.97. The first kappa shape index (κ1) is 24.4. The number of allylic oxidation sites excluding steroid dienone is 5. The summed E-state index contributed by atoms with van der Waals surface area (Å²) in [5.41, 5.74) is 15.9. The maximum Gasteiger partial charge on any atom is 0.0700 e. The number of hydrogen-bond donors (Lipinski definition) is 2. The van der Waals surface area contributed by atoms with Crippen LogP contribution in [0.2, 0.25) is 0 Å². The Labute approximate surface area is 185 Å². The Balaban J connectivity index is 2.29. The Morgan fingerprint density at radius 3 is 2.60 bits per heavy atom. The molecule has 2 rings (SSSR count).